The molecule has 1 aliphatic rings. The van der Waals surface area contributed by atoms with Gasteiger partial charge in [-0.15, -0.1) is 0 Å². The number of hydrogen-bond donors (Lipinski definition) is 1. The number of para-hydroxylation sites is 1. The Labute approximate surface area is 155 Å². The Morgan fingerprint density at radius 1 is 1.27 bits per heavy atom. The molecule has 1 aliphatic heterocycles. The van der Waals surface area contributed by atoms with Crippen LogP contribution in [0.2, 0.25) is 0 Å². The van der Waals surface area contributed by atoms with Crippen LogP contribution < -0.4 is 10.6 Å². The highest BCUT2D eigenvalue weighted by molar-refractivity contribution is 5.85. The van der Waals surface area contributed by atoms with Crippen molar-refractivity contribution >= 4 is 22.6 Å². The molecule has 1 amide bonds. The van der Waals surface area contributed by atoms with Gasteiger partial charge in [0.2, 0.25) is 5.91 Å². The molecule has 0 aliphatic carbocycles. The molecule has 1 aromatic heterocycles. The average Bonchev–Trinajstić information content (AvgIpc) is 2.61. The van der Waals surface area contributed by atoms with E-state index < -0.39 is 0 Å². The number of carbonyl (C=O) groups is 1. The second-order valence-corrected chi connectivity index (χ2v) is 7.39. The zero-order valence-corrected chi connectivity index (χ0v) is 16.2. The average molecular weight is 355 g/mol. The fourth-order valence-electron chi connectivity index (χ4n) is 3.39. The van der Waals surface area contributed by atoms with Crippen molar-refractivity contribution in [3.63, 3.8) is 0 Å². The number of likely N-dealkylation sites (N-methyl/N-ethyl adjacent to an activating group) is 1. The number of carbonyl (C=O) groups excluding carboxylic acids is 1. The van der Waals surface area contributed by atoms with Crippen LogP contribution in [-0.4, -0.2) is 67.5 Å². The molecular formula is C20H29N5O. The predicted molar refractivity (Wildman–Crippen MR) is 106 cm³/mol. The Hall–Kier alpha value is -2.18. The van der Waals surface area contributed by atoms with Crippen molar-refractivity contribution in [2.75, 3.05) is 51.7 Å². The zero-order chi connectivity index (χ0) is 18.8. The van der Waals surface area contributed by atoms with Crippen molar-refractivity contribution in [3.05, 3.63) is 35.4 Å². The van der Waals surface area contributed by atoms with Crippen molar-refractivity contribution < 1.29 is 4.79 Å². The van der Waals surface area contributed by atoms with E-state index in [9.17, 15) is 4.79 Å². The van der Waals surface area contributed by atoms with Crippen LogP contribution >= 0.6 is 0 Å². The third kappa shape index (κ3) is 3.81. The Bertz CT molecular complexity index is 794. The first kappa shape index (κ1) is 18.6. The second kappa shape index (κ2) is 7.60. The van der Waals surface area contributed by atoms with E-state index in [1.54, 1.807) is 19.0 Å². The molecule has 1 saturated heterocycles. The first-order valence-corrected chi connectivity index (χ1v) is 9.20. The number of nitrogens with two attached hydrogens (primary N) is 1. The lowest BCUT2D eigenvalue weighted by Crippen LogP contribution is -2.49. The summed E-state index contributed by atoms with van der Waals surface area (Å²) in [6, 6.07) is 8.35. The first-order chi connectivity index (χ1) is 12.4. The van der Waals surface area contributed by atoms with E-state index in [0.29, 0.717) is 6.54 Å². The predicted octanol–water partition coefficient (Wildman–Crippen LogP) is 1.77. The maximum atomic E-state index is 11.9. The largest absolute Gasteiger partial charge is 0.354 e. The van der Waals surface area contributed by atoms with Gasteiger partial charge < -0.3 is 15.5 Å². The normalized spacial score (nSPS) is 16.7. The lowest BCUT2D eigenvalue weighted by Gasteiger charge is -2.36. The summed E-state index contributed by atoms with van der Waals surface area (Å²) in [6.45, 7) is 7.99. The molecule has 2 heterocycles. The molecule has 26 heavy (non-hydrogen) atoms. The smallest absolute Gasteiger partial charge is 0.236 e. The van der Waals surface area contributed by atoms with Crippen LogP contribution in [-0.2, 0) is 4.79 Å². The van der Waals surface area contributed by atoms with Crippen LogP contribution in [0, 0.1) is 6.92 Å². The summed E-state index contributed by atoms with van der Waals surface area (Å²) in [5.74, 6) is 1.13. The third-order valence-corrected chi connectivity index (χ3v) is 5.08. The van der Waals surface area contributed by atoms with Crippen LogP contribution in [0.3, 0.4) is 0 Å². The Balaban J connectivity index is 1.83. The quantitative estimate of drug-likeness (QED) is 0.905. The third-order valence-electron chi connectivity index (χ3n) is 5.08. The Morgan fingerprint density at radius 2 is 1.96 bits per heavy atom. The van der Waals surface area contributed by atoms with Gasteiger partial charge in [-0.1, -0.05) is 18.2 Å². The van der Waals surface area contributed by atoms with Gasteiger partial charge in [-0.2, -0.15) is 0 Å². The van der Waals surface area contributed by atoms with Crippen molar-refractivity contribution in [1.29, 1.82) is 0 Å². The molecule has 1 aromatic carbocycles. The number of anilines is 1. The van der Waals surface area contributed by atoms with E-state index in [-0.39, 0.29) is 11.9 Å². The highest BCUT2D eigenvalue weighted by Gasteiger charge is 2.23. The molecule has 1 fully saturated rings. The Kier molecular flexibility index (Phi) is 5.44. The maximum Gasteiger partial charge on any atom is 0.236 e. The van der Waals surface area contributed by atoms with E-state index in [4.69, 9.17) is 10.7 Å². The first-order valence-electron chi connectivity index (χ1n) is 9.20. The molecule has 0 spiro atoms. The number of piperazine rings is 1. The molecule has 6 nitrogen and oxygen atoms in total. The van der Waals surface area contributed by atoms with Gasteiger partial charge in [0.1, 0.15) is 5.82 Å². The molecule has 0 radical (unpaired) electrons. The number of amides is 1. The number of pyridine rings is 1. The van der Waals surface area contributed by atoms with Crippen molar-refractivity contribution in [1.82, 2.24) is 14.8 Å². The number of nitrogens with zero attached hydrogens (tertiary/aromatic N) is 4. The van der Waals surface area contributed by atoms with Gasteiger partial charge in [0.05, 0.1) is 12.1 Å². The van der Waals surface area contributed by atoms with Crippen LogP contribution in [0.4, 0.5) is 5.82 Å². The number of aromatic nitrogens is 1. The summed E-state index contributed by atoms with van der Waals surface area (Å²) in [6.07, 6.45) is 0. The summed E-state index contributed by atoms with van der Waals surface area (Å²) in [4.78, 5) is 23.1. The van der Waals surface area contributed by atoms with E-state index in [1.165, 1.54) is 5.56 Å². The Morgan fingerprint density at radius 3 is 2.58 bits per heavy atom. The number of benzene rings is 1. The van der Waals surface area contributed by atoms with E-state index >= 15 is 0 Å². The van der Waals surface area contributed by atoms with Gasteiger partial charge in [-0.05, 0) is 25.5 Å². The summed E-state index contributed by atoms with van der Waals surface area (Å²) >= 11 is 0. The van der Waals surface area contributed by atoms with E-state index in [1.807, 2.05) is 6.92 Å². The molecule has 3 rings (SSSR count). The van der Waals surface area contributed by atoms with Gasteiger partial charge >= 0.3 is 0 Å². The lowest BCUT2D eigenvalue weighted by molar-refractivity contribution is -0.129. The molecule has 2 N–H and O–H groups in total. The number of aryl methyl sites for hydroxylation is 1. The van der Waals surface area contributed by atoms with Crippen LogP contribution in [0.5, 0.6) is 0 Å². The molecule has 0 bridgehead atoms. The molecule has 1 atom stereocenters. The summed E-state index contributed by atoms with van der Waals surface area (Å²) in [5.41, 5.74) is 9.55. The number of fused-ring (bicyclic) bond motifs is 1. The second-order valence-electron chi connectivity index (χ2n) is 7.39. The van der Waals surface area contributed by atoms with E-state index in [2.05, 4.69) is 41.0 Å². The molecule has 6 heteroatoms. The van der Waals surface area contributed by atoms with Crippen LogP contribution in [0.15, 0.2) is 24.3 Å². The summed E-state index contributed by atoms with van der Waals surface area (Å²) in [7, 11) is 3.60. The fraction of sp³-hybridized carbons (Fsp3) is 0.500. The SMILES string of the molecule is Cc1cccc2cc([C@H](C)N)c(N3CCN(CC(=O)N(C)C)CC3)nc12. The standard InChI is InChI=1S/C20H29N5O/c1-14-6-5-7-16-12-17(15(2)21)20(22-19(14)16)25-10-8-24(9-11-25)13-18(26)23(3)4/h5-7,12,15H,8-11,13,21H2,1-4H3/t15-/m0/s1. The molecule has 140 valence electrons. The molecule has 2 aromatic rings. The highest BCUT2D eigenvalue weighted by Crippen LogP contribution is 2.29. The van der Waals surface area contributed by atoms with Gasteiger partial charge in [0.25, 0.3) is 0 Å². The van der Waals surface area contributed by atoms with Gasteiger partial charge in [-0.3, -0.25) is 9.69 Å². The fourth-order valence-corrected chi connectivity index (χ4v) is 3.39. The zero-order valence-electron chi connectivity index (χ0n) is 16.2. The molecule has 0 unspecified atom stereocenters. The van der Waals surface area contributed by atoms with Gasteiger partial charge in [-0.25, -0.2) is 4.98 Å². The minimum absolute atomic E-state index is 0.0734. The van der Waals surface area contributed by atoms with Crippen LogP contribution in [0.1, 0.15) is 24.1 Å². The van der Waals surface area contributed by atoms with Gasteiger partial charge in [0, 0.05) is 57.3 Å². The highest BCUT2D eigenvalue weighted by atomic mass is 16.2. The minimum atomic E-state index is -0.0734. The van der Waals surface area contributed by atoms with Crippen molar-refractivity contribution in [2.24, 2.45) is 5.73 Å². The van der Waals surface area contributed by atoms with E-state index in [0.717, 1.165) is 48.5 Å². The maximum absolute atomic E-state index is 11.9. The topological polar surface area (TPSA) is 65.7 Å². The summed E-state index contributed by atoms with van der Waals surface area (Å²) < 4.78 is 0. The number of rotatable bonds is 4. The van der Waals surface area contributed by atoms with Crippen LogP contribution in [0.25, 0.3) is 10.9 Å². The summed E-state index contributed by atoms with van der Waals surface area (Å²) in [5, 5.41) is 1.14. The molecular weight excluding hydrogens is 326 g/mol. The van der Waals surface area contributed by atoms with Crippen molar-refractivity contribution in [3.8, 4) is 0 Å². The van der Waals surface area contributed by atoms with Gasteiger partial charge in [0.15, 0.2) is 0 Å². The lowest BCUT2D eigenvalue weighted by atomic mass is 10.0. The van der Waals surface area contributed by atoms with Crippen molar-refractivity contribution in [2.45, 2.75) is 19.9 Å². The monoisotopic (exact) mass is 355 g/mol. The minimum Gasteiger partial charge on any atom is -0.354 e. The molecule has 0 saturated carbocycles. The number of hydrogen-bond acceptors (Lipinski definition) is 5.